The fraction of sp³-hybridized carbons (Fsp3) is 0.533. The molecule has 0 saturated carbocycles. The predicted molar refractivity (Wildman–Crippen MR) is 151 cm³/mol. The first-order chi connectivity index (χ1) is 18.3. The van der Waals surface area contributed by atoms with Gasteiger partial charge in [0.1, 0.15) is 17.0 Å². The Bertz CT molecular complexity index is 1230. The van der Waals surface area contributed by atoms with Crippen LogP contribution in [0.1, 0.15) is 75.8 Å². The van der Waals surface area contributed by atoms with E-state index in [1.165, 1.54) is 25.3 Å². The van der Waals surface area contributed by atoms with E-state index >= 15 is 4.39 Å². The average Bonchev–Trinajstić information content (AvgIpc) is 3.38. The van der Waals surface area contributed by atoms with Crippen LogP contribution in [0.3, 0.4) is 0 Å². The molecule has 204 valence electrons. The third kappa shape index (κ3) is 4.28. The number of likely N-dealkylation sites (tertiary alicyclic amines) is 1. The minimum atomic E-state index is -1.21. The number of nitrogens with zero attached hydrogens (tertiary/aromatic N) is 1. The maximum atomic E-state index is 15.8. The molecule has 3 aliphatic heterocycles. The summed E-state index contributed by atoms with van der Waals surface area (Å²) in [4.78, 5) is 30.6. The summed E-state index contributed by atoms with van der Waals surface area (Å²) in [6, 6.07) is 9.48. The molecule has 2 saturated heterocycles. The molecule has 0 aromatic heterocycles. The molecular formula is C30H36Cl2FN3O2. The lowest BCUT2D eigenvalue weighted by Gasteiger charge is -2.44. The van der Waals surface area contributed by atoms with E-state index in [0.29, 0.717) is 35.5 Å². The Morgan fingerprint density at radius 3 is 2.55 bits per heavy atom. The Morgan fingerprint density at radius 2 is 1.84 bits per heavy atom. The van der Waals surface area contributed by atoms with Gasteiger partial charge in [-0.1, -0.05) is 61.7 Å². The summed E-state index contributed by atoms with van der Waals surface area (Å²) >= 11 is 12.6. The zero-order chi connectivity index (χ0) is 27.1. The van der Waals surface area contributed by atoms with Gasteiger partial charge in [0, 0.05) is 28.6 Å². The van der Waals surface area contributed by atoms with Crippen molar-refractivity contribution >= 4 is 40.6 Å². The van der Waals surface area contributed by atoms with Crippen molar-refractivity contribution in [1.29, 1.82) is 0 Å². The molecule has 0 radical (unpaired) electrons. The van der Waals surface area contributed by atoms with Crippen LogP contribution in [-0.2, 0) is 15.0 Å². The van der Waals surface area contributed by atoms with E-state index in [4.69, 9.17) is 23.2 Å². The summed E-state index contributed by atoms with van der Waals surface area (Å²) in [5, 5.41) is 7.16. The second kappa shape index (κ2) is 10.9. The van der Waals surface area contributed by atoms with Crippen LogP contribution in [0.4, 0.5) is 10.1 Å². The molecular weight excluding hydrogens is 524 g/mol. The molecule has 5 nitrogen and oxygen atoms in total. The molecule has 1 spiro atoms. The highest BCUT2D eigenvalue weighted by Crippen LogP contribution is 2.61. The van der Waals surface area contributed by atoms with Crippen LogP contribution in [0.2, 0.25) is 10.0 Å². The van der Waals surface area contributed by atoms with E-state index in [2.05, 4.69) is 15.5 Å². The molecule has 0 bridgehead atoms. The molecule has 3 aliphatic rings. The third-order valence-electron chi connectivity index (χ3n) is 9.22. The number of amides is 1. The number of benzene rings is 2. The average molecular weight is 561 g/mol. The van der Waals surface area contributed by atoms with E-state index in [0.717, 1.165) is 31.6 Å². The van der Waals surface area contributed by atoms with Crippen molar-refractivity contribution in [3.8, 4) is 0 Å². The number of carbonyl (C=O) groups is 2. The molecule has 2 aromatic carbocycles. The second-order valence-electron chi connectivity index (χ2n) is 11.0. The second-order valence-corrected chi connectivity index (χ2v) is 11.8. The number of hydrogen-bond acceptors (Lipinski definition) is 4. The van der Waals surface area contributed by atoms with Crippen molar-refractivity contribution < 1.29 is 14.0 Å². The van der Waals surface area contributed by atoms with Gasteiger partial charge in [-0.05, 0) is 81.1 Å². The maximum Gasteiger partial charge on any atom is 0.237 e. The molecule has 8 heteroatoms. The van der Waals surface area contributed by atoms with Crippen molar-refractivity contribution in [3.05, 3.63) is 63.4 Å². The Balaban J connectivity index is 1.61. The first-order valence-electron chi connectivity index (χ1n) is 13.9. The van der Waals surface area contributed by atoms with Crippen LogP contribution in [0.15, 0.2) is 36.4 Å². The Hall–Kier alpha value is -1.99. The van der Waals surface area contributed by atoms with E-state index in [-0.39, 0.29) is 16.7 Å². The van der Waals surface area contributed by atoms with Crippen LogP contribution >= 0.6 is 23.2 Å². The van der Waals surface area contributed by atoms with Gasteiger partial charge in [-0.2, -0.15) is 0 Å². The predicted octanol–water partition coefficient (Wildman–Crippen LogP) is 6.47. The number of hydrogen-bond donors (Lipinski definition) is 2. The van der Waals surface area contributed by atoms with Gasteiger partial charge < -0.3 is 10.2 Å². The van der Waals surface area contributed by atoms with Gasteiger partial charge in [-0.25, -0.2) is 4.39 Å². The number of nitrogens with one attached hydrogen (secondary N) is 2. The minimum Gasteiger partial charge on any atom is -0.325 e. The minimum absolute atomic E-state index is 0.00440. The van der Waals surface area contributed by atoms with Crippen molar-refractivity contribution in [2.75, 3.05) is 25.0 Å². The Morgan fingerprint density at radius 1 is 1.11 bits per heavy atom. The molecule has 3 atom stereocenters. The number of Topliss-reactive ketones (excluding diaryl/α,β-unsaturated/α-hetero) is 1. The number of piperidine rings is 1. The summed E-state index contributed by atoms with van der Waals surface area (Å²) in [6.07, 6.45) is 5.92. The number of fused-ring (bicyclic) bond motifs is 2. The highest BCUT2D eigenvalue weighted by atomic mass is 35.5. The van der Waals surface area contributed by atoms with E-state index in [1.54, 1.807) is 24.3 Å². The monoisotopic (exact) mass is 559 g/mol. The molecule has 2 fully saturated rings. The van der Waals surface area contributed by atoms with Gasteiger partial charge in [0.25, 0.3) is 0 Å². The molecule has 1 amide bonds. The molecule has 38 heavy (non-hydrogen) atoms. The smallest absolute Gasteiger partial charge is 0.237 e. The van der Waals surface area contributed by atoms with Crippen molar-refractivity contribution in [2.24, 2.45) is 0 Å². The Labute approximate surface area is 234 Å². The quantitative estimate of drug-likeness (QED) is 0.389. The van der Waals surface area contributed by atoms with Gasteiger partial charge in [0.05, 0.1) is 11.1 Å². The molecule has 3 heterocycles. The number of anilines is 1. The summed E-state index contributed by atoms with van der Waals surface area (Å²) < 4.78 is 15.8. The zero-order valence-electron chi connectivity index (χ0n) is 22.1. The normalized spacial score (nSPS) is 26.5. The molecule has 0 unspecified atom stereocenters. The van der Waals surface area contributed by atoms with Crippen LogP contribution in [-0.4, -0.2) is 47.8 Å². The lowest BCUT2D eigenvalue weighted by atomic mass is 9.57. The van der Waals surface area contributed by atoms with Crippen molar-refractivity contribution in [3.63, 3.8) is 0 Å². The van der Waals surface area contributed by atoms with Gasteiger partial charge in [-0.15, -0.1) is 0 Å². The van der Waals surface area contributed by atoms with Crippen molar-refractivity contribution in [2.45, 2.75) is 81.7 Å². The first kappa shape index (κ1) is 27.6. The lowest BCUT2D eigenvalue weighted by Crippen LogP contribution is -2.58. The SMILES string of the molecule is CCC1(CC)N[C@@H](C(=O)CCCN2CCCCC2)[C@H](c2cccc(Cl)c2F)[C@]12C(=O)Nc1cc(Cl)ccc12. The molecule has 0 aliphatic carbocycles. The van der Waals surface area contributed by atoms with Crippen LogP contribution in [0.25, 0.3) is 0 Å². The summed E-state index contributed by atoms with van der Waals surface area (Å²) in [5.74, 6) is -1.58. The topological polar surface area (TPSA) is 61.4 Å². The van der Waals surface area contributed by atoms with Gasteiger partial charge in [0.2, 0.25) is 5.91 Å². The van der Waals surface area contributed by atoms with Crippen LogP contribution < -0.4 is 10.6 Å². The summed E-state index contributed by atoms with van der Waals surface area (Å²) in [7, 11) is 0. The molecule has 2 aromatic rings. The standard InChI is InChI=1S/C30H36Cl2FN3O2/c1-3-29(4-2)30(21-14-13-19(31)18-23(21)34-28(30)38)25(20-10-8-11-22(32)26(20)33)27(35-29)24(37)12-9-17-36-15-6-5-7-16-36/h8,10-11,13-14,18,25,27,35H,3-7,9,12,15-17H2,1-2H3,(H,34,38)/t25-,27-,30+/m0/s1. The fourth-order valence-corrected chi connectivity index (χ4v) is 7.75. The highest BCUT2D eigenvalue weighted by molar-refractivity contribution is 6.31. The zero-order valence-corrected chi connectivity index (χ0v) is 23.6. The highest BCUT2D eigenvalue weighted by Gasteiger charge is 2.71. The maximum absolute atomic E-state index is 15.8. The largest absolute Gasteiger partial charge is 0.325 e. The molecule has 5 rings (SSSR count). The van der Waals surface area contributed by atoms with E-state index in [9.17, 15) is 9.59 Å². The summed E-state index contributed by atoms with van der Waals surface area (Å²) in [5.41, 5.74) is -0.337. The van der Waals surface area contributed by atoms with Crippen molar-refractivity contribution in [1.82, 2.24) is 10.2 Å². The van der Waals surface area contributed by atoms with E-state index in [1.807, 2.05) is 19.9 Å². The van der Waals surface area contributed by atoms with Crippen LogP contribution in [0.5, 0.6) is 0 Å². The number of carbonyl (C=O) groups excluding carboxylic acids is 2. The Kier molecular flexibility index (Phi) is 7.89. The summed E-state index contributed by atoms with van der Waals surface area (Å²) in [6.45, 7) is 7.06. The van der Waals surface area contributed by atoms with Crippen LogP contribution in [0, 0.1) is 5.82 Å². The first-order valence-corrected chi connectivity index (χ1v) is 14.6. The van der Waals surface area contributed by atoms with Gasteiger partial charge >= 0.3 is 0 Å². The third-order valence-corrected chi connectivity index (χ3v) is 9.74. The lowest BCUT2D eigenvalue weighted by molar-refractivity contribution is -0.123. The molecule has 2 N–H and O–H groups in total. The van der Waals surface area contributed by atoms with Gasteiger partial charge in [0.15, 0.2) is 0 Å². The van der Waals surface area contributed by atoms with E-state index < -0.39 is 28.7 Å². The number of rotatable bonds is 8. The van der Waals surface area contributed by atoms with Gasteiger partial charge in [-0.3, -0.25) is 14.9 Å². The number of ketones is 1. The fourth-order valence-electron chi connectivity index (χ4n) is 7.40. The number of halogens is 3.